The molecule has 3 atom stereocenters. The van der Waals surface area contributed by atoms with Gasteiger partial charge in [0.15, 0.2) is 0 Å². The van der Waals surface area contributed by atoms with Crippen LogP contribution in [0.5, 0.6) is 0 Å². The van der Waals surface area contributed by atoms with Gasteiger partial charge >= 0.3 is 0 Å². The first-order valence-corrected chi connectivity index (χ1v) is 15.8. The summed E-state index contributed by atoms with van der Waals surface area (Å²) in [4.78, 5) is 12.2. The Kier molecular flexibility index (Phi) is 27.5. The maximum Gasteiger partial charge on any atom is 0.249 e. The summed E-state index contributed by atoms with van der Waals surface area (Å²) in [7, 11) is 0. The predicted octanol–water partition coefficient (Wildman–Crippen LogP) is 7.70. The number of hydrogen-bond acceptors (Lipinski definition) is 4. The zero-order valence-corrected chi connectivity index (χ0v) is 24.8. The number of allylic oxidation sites excluding steroid dienone is 5. The molecule has 5 heteroatoms. The van der Waals surface area contributed by atoms with Crippen molar-refractivity contribution in [3.63, 3.8) is 0 Å². The van der Waals surface area contributed by atoms with E-state index >= 15 is 0 Å². The fourth-order valence-electron chi connectivity index (χ4n) is 4.38. The molecule has 0 aliphatic rings. The second kappa shape index (κ2) is 28.6. The van der Waals surface area contributed by atoms with Crippen LogP contribution in [0.4, 0.5) is 0 Å². The summed E-state index contributed by atoms with van der Waals surface area (Å²) >= 11 is 0. The summed E-state index contributed by atoms with van der Waals surface area (Å²) < 4.78 is 0. The van der Waals surface area contributed by atoms with Gasteiger partial charge in [0.25, 0.3) is 0 Å². The van der Waals surface area contributed by atoms with Crippen LogP contribution in [-0.4, -0.2) is 46.1 Å². The largest absolute Gasteiger partial charge is 0.394 e. The summed E-state index contributed by atoms with van der Waals surface area (Å²) in [5.41, 5.74) is 0. The maximum absolute atomic E-state index is 12.2. The molecule has 0 aliphatic heterocycles. The lowest BCUT2D eigenvalue weighted by Crippen LogP contribution is -2.48. The van der Waals surface area contributed by atoms with Crippen molar-refractivity contribution < 1.29 is 20.1 Å². The topological polar surface area (TPSA) is 89.8 Å². The minimum Gasteiger partial charge on any atom is -0.394 e. The molecule has 0 saturated carbocycles. The zero-order valence-electron chi connectivity index (χ0n) is 24.8. The number of amides is 1. The van der Waals surface area contributed by atoms with E-state index in [1.165, 1.54) is 89.9 Å². The molecule has 0 fully saturated rings. The zero-order chi connectivity index (χ0) is 28.1. The van der Waals surface area contributed by atoms with Gasteiger partial charge in [0.05, 0.1) is 18.8 Å². The minimum atomic E-state index is -1.15. The molecule has 0 radical (unpaired) electrons. The maximum atomic E-state index is 12.2. The third kappa shape index (κ3) is 23.7. The molecular formula is C33H61NO4. The van der Waals surface area contributed by atoms with Crippen molar-refractivity contribution in [2.45, 2.75) is 161 Å². The normalized spacial score (nSPS) is 14.6. The summed E-state index contributed by atoms with van der Waals surface area (Å²) in [6.07, 6.45) is 33.2. The Labute approximate surface area is 234 Å². The van der Waals surface area contributed by atoms with E-state index in [-0.39, 0.29) is 6.61 Å². The quantitative estimate of drug-likeness (QED) is 0.0641. The second-order valence-electron chi connectivity index (χ2n) is 10.6. The van der Waals surface area contributed by atoms with Crippen LogP contribution in [0.15, 0.2) is 36.5 Å². The second-order valence-corrected chi connectivity index (χ2v) is 10.6. The van der Waals surface area contributed by atoms with Crippen molar-refractivity contribution in [1.82, 2.24) is 5.32 Å². The van der Waals surface area contributed by atoms with Crippen molar-refractivity contribution in [2.24, 2.45) is 0 Å². The van der Waals surface area contributed by atoms with E-state index in [1.54, 1.807) is 6.08 Å². The molecule has 1 amide bonds. The van der Waals surface area contributed by atoms with E-state index in [1.807, 2.05) is 12.2 Å². The number of aliphatic hydroxyl groups excluding tert-OH is 3. The van der Waals surface area contributed by atoms with Crippen LogP contribution in [0.1, 0.15) is 142 Å². The first-order chi connectivity index (χ1) is 18.6. The van der Waals surface area contributed by atoms with Crippen LogP contribution in [0.3, 0.4) is 0 Å². The van der Waals surface area contributed by atoms with Crippen LogP contribution in [0.2, 0.25) is 0 Å². The number of carbonyl (C=O) groups excluding carboxylic acids is 1. The number of hydrogen-bond donors (Lipinski definition) is 4. The van der Waals surface area contributed by atoms with Crippen LogP contribution in [-0.2, 0) is 4.79 Å². The Hall–Kier alpha value is -1.43. The predicted molar refractivity (Wildman–Crippen MR) is 162 cm³/mol. The molecule has 0 aromatic rings. The highest BCUT2D eigenvalue weighted by molar-refractivity contribution is 5.80. The molecular weight excluding hydrogens is 474 g/mol. The summed E-state index contributed by atoms with van der Waals surface area (Å²) in [6.45, 7) is 4.07. The fourth-order valence-corrected chi connectivity index (χ4v) is 4.38. The van der Waals surface area contributed by atoms with Gasteiger partial charge in [0.2, 0.25) is 5.91 Å². The molecule has 0 aromatic heterocycles. The average molecular weight is 536 g/mol. The molecule has 0 aliphatic carbocycles. The van der Waals surface area contributed by atoms with Crippen molar-refractivity contribution in [3.05, 3.63) is 36.5 Å². The van der Waals surface area contributed by atoms with Gasteiger partial charge in [0.1, 0.15) is 6.10 Å². The average Bonchev–Trinajstić information content (AvgIpc) is 2.92. The van der Waals surface area contributed by atoms with Gasteiger partial charge in [-0.25, -0.2) is 0 Å². The van der Waals surface area contributed by atoms with Crippen molar-refractivity contribution in [2.75, 3.05) is 6.61 Å². The fraction of sp³-hybridized carbons (Fsp3) is 0.788. The number of rotatable bonds is 27. The molecule has 0 heterocycles. The van der Waals surface area contributed by atoms with Crippen molar-refractivity contribution in [1.29, 1.82) is 0 Å². The van der Waals surface area contributed by atoms with Gasteiger partial charge < -0.3 is 20.6 Å². The summed E-state index contributed by atoms with van der Waals surface area (Å²) in [5.74, 6) is -0.553. The molecule has 5 nitrogen and oxygen atoms in total. The van der Waals surface area contributed by atoms with Crippen LogP contribution >= 0.6 is 0 Å². The number of unbranched alkanes of at least 4 members (excludes halogenated alkanes) is 15. The molecule has 222 valence electrons. The first-order valence-electron chi connectivity index (χ1n) is 15.8. The Morgan fingerprint density at radius 1 is 0.632 bits per heavy atom. The Morgan fingerprint density at radius 3 is 1.63 bits per heavy atom. The lowest BCUT2D eigenvalue weighted by molar-refractivity contribution is -0.131. The van der Waals surface area contributed by atoms with Gasteiger partial charge in [-0.05, 0) is 51.4 Å². The Bertz CT molecular complexity index is 602. The molecule has 38 heavy (non-hydrogen) atoms. The van der Waals surface area contributed by atoms with E-state index in [2.05, 4.69) is 37.4 Å². The highest BCUT2D eigenvalue weighted by Gasteiger charge is 2.22. The number of nitrogens with one attached hydrogen (secondary N) is 1. The molecule has 4 N–H and O–H groups in total. The lowest BCUT2D eigenvalue weighted by Gasteiger charge is -2.21. The summed E-state index contributed by atoms with van der Waals surface area (Å²) in [6, 6.07) is -0.825. The lowest BCUT2D eigenvalue weighted by atomic mass is 10.1. The van der Waals surface area contributed by atoms with Gasteiger partial charge in [-0.15, -0.1) is 0 Å². The van der Waals surface area contributed by atoms with Gasteiger partial charge in [-0.1, -0.05) is 127 Å². The van der Waals surface area contributed by atoms with Crippen LogP contribution in [0, 0.1) is 0 Å². The molecule has 0 saturated heterocycles. The van der Waals surface area contributed by atoms with E-state index < -0.39 is 24.2 Å². The monoisotopic (exact) mass is 535 g/mol. The van der Waals surface area contributed by atoms with E-state index in [0.717, 1.165) is 25.7 Å². The standard InChI is InChI=1S/C33H61NO4/c1-3-5-7-9-11-13-14-15-16-17-18-19-20-22-23-25-27-31(36)30(29-35)34-33(38)32(37)28-26-24-21-12-10-8-6-4-2/h19-21,24-25,27,30-32,35-37H,3-18,22-23,26,28-29H2,1-2H3,(H,34,38)/b20-19+,24-21-,27-25+. The molecule has 3 unspecified atom stereocenters. The van der Waals surface area contributed by atoms with E-state index in [0.29, 0.717) is 12.8 Å². The molecule has 0 spiro atoms. The third-order valence-corrected chi connectivity index (χ3v) is 6.96. The van der Waals surface area contributed by atoms with Gasteiger partial charge in [-0.2, -0.15) is 0 Å². The highest BCUT2D eigenvalue weighted by Crippen LogP contribution is 2.12. The third-order valence-electron chi connectivity index (χ3n) is 6.96. The summed E-state index contributed by atoms with van der Waals surface area (Å²) in [5, 5.41) is 32.6. The SMILES string of the molecule is CCCCCC/C=C\CCC(O)C(=O)NC(CO)C(O)/C=C/CC/C=C/CCCCCCCCCCCC. The number of aliphatic hydroxyl groups is 3. The Balaban J connectivity index is 3.89. The van der Waals surface area contributed by atoms with Crippen LogP contribution in [0.25, 0.3) is 0 Å². The highest BCUT2D eigenvalue weighted by atomic mass is 16.3. The molecule has 0 rings (SSSR count). The van der Waals surface area contributed by atoms with E-state index in [9.17, 15) is 20.1 Å². The van der Waals surface area contributed by atoms with Crippen LogP contribution < -0.4 is 5.32 Å². The Morgan fingerprint density at radius 2 is 1.08 bits per heavy atom. The number of carbonyl (C=O) groups is 1. The van der Waals surface area contributed by atoms with Crippen molar-refractivity contribution >= 4 is 5.91 Å². The molecule has 0 bridgehead atoms. The van der Waals surface area contributed by atoms with Gasteiger partial charge in [0, 0.05) is 0 Å². The first kappa shape index (κ1) is 36.6. The minimum absolute atomic E-state index is 0.326. The van der Waals surface area contributed by atoms with Gasteiger partial charge in [-0.3, -0.25) is 4.79 Å². The van der Waals surface area contributed by atoms with Crippen molar-refractivity contribution in [3.8, 4) is 0 Å². The van der Waals surface area contributed by atoms with E-state index in [4.69, 9.17) is 0 Å². The molecule has 0 aromatic carbocycles. The smallest absolute Gasteiger partial charge is 0.249 e.